The molecule has 11 heavy (non-hydrogen) atoms. The Morgan fingerprint density at radius 1 is 1.45 bits per heavy atom. The summed E-state index contributed by atoms with van der Waals surface area (Å²) in [6.07, 6.45) is -2.55. The van der Waals surface area contributed by atoms with Crippen LogP contribution >= 0.6 is 0 Å². The predicted octanol–water partition coefficient (Wildman–Crippen LogP) is -0.919. The summed E-state index contributed by atoms with van der Waals surface area (Å²) in [6.45, 7) is -0.985. The molecule has 0 aliphatic carbocycles. The normalized spacial score (nSPS) is 13.5. The fourth-order valence-electron chi connectivity index (χ4n) is 0.366. The van der Waals surface area contributed by atoms with E-state index in [1.807, 2.05) is 0 Å². The molecule has 0 heterocycles. The van der Waals surface area contributed by atoms with Gasteiger partial charge in [0.2, 0.25) is 5.91 Å². The lowest BCUT2D eigenvalue weighted by molar-refractivity contribution is -0.121. The minimum absolute atomic E-state index is 0.264. The Morgan fingerprint density at radius 2 is 2.00 bits per heavy atom. The van der Waals surface area contributed by atoms with E-state index >= 15 is 0 Å². The lowest BCUT2D eigenvalue weighted by atomic mass is 10.3. The summed E-state index contributed by atoms with van der Waals surface area (Å²) in [4.78, 5) is 10.2. The standard InChI is InChI=1S/C5H10F2N2O2/c6-4(7)2-11-1-3(8)5(9)10/h3-4H,1-2,8H2,(H2,9,10). The number of halogens is 2. The van der Waals surface area contributed by atoms with E-state index < -0.39 is 25.0 Å². The zero-order valence-electron chi connectivity index (χ0n) is 5.80. The third kappa shape index (κ3) is 5.68. The highest BCUT2D eigenvalue weighted by molar-refractivity contribution is 5.79. The van der Waals surface area contributed by atoms with Crippen LogP contribution in [0.4, 0.5) is 8.78 Å². The van der Waals surface area contributed by atoms with Gasteiger partial charge >= 0.3 is 0 Å². The maximum absolute atomic E-state index is 11.4. The summed E-state index contributed by atoms with van der Waals surface area (Å²) in [5.41, 5.74) is 9.78. The monoisotopic (exact) mass is 168 g/mol. The Balaban J connectivity index is 3.31. The summed E-state index contributed by atoms with van der Waals surface area (Å²) >= 11 is 0. The highest BCUT2D eigenvalue weighted by atomic mass is 19.3. The molecule has 0 aliphatic rings. The molecule has 6 heteroatoms. The van der Waals surface area contributed by atoms with Crippen molar-refractivity contribution in [3.05, 3.63) is 0 Å². The predicted molar refractivity (Wildman–Crippen MR) is 34.0 cm³/mol. The van der Waals surface area contributed by atoms with Crippen LogP contribution in [0.25, 0.3) is 0 Å². The van der Waals surface area contributed by atoms with Crippen LogP contribution in [0.2, 0.25) is 0 Å². The van der Waals surface area contributed by atoms with Crippen molar-refractivity contribution >= 4 is 5.91 Å². The molecule has 0 saturated heterocycles. The van der Waals surface area contributed by atoms with E-state index in [-0.39, 0.29) is 6.61 Å². The van der Waals surface area contributed by atoms with Gasteiger partial charge in [-0.15, -0.1) is 0 Å². The van der Waals surface area contributed by atoms with Gasteiger partial charge in [-0.25, -0.2) is 8.78 Å². The molecular weight excluding hydrogens is 158 g/mol. The van der Waals surface area contributed by atoms with Gasteiger partial charge in [-0.1, -0.05) is 0 Å². The Hall–Kier alpha value is -0.750. The number of hydrogen-bond acceptors (Lipinski definition) is 3. The van der Waals surface area contributed by atoms with Crippen molar-refractivity contribution in [2.45, 2.75) is 12.5 Å². The second-order valence-electron chi connectivity index (χ2n) is 1.94. The number of amides is 1. The molecule has 0 radical (unpaired) electrons. The first-order valence-electron chi connectivity index (χ1n) is 2.95. The largest absolute Gasteiger partial charge is 0.373 e. The third-order valence-electron chi connectivity index (χ3n) is 0.907. The van der Waals surface area contributed by atoms with Gasteiger partial charge in [0.25, 0.3) is 6.43 Å². The van der Waals surface area contributed by atoms with Crippen molar-refractivity contribution < 1.29 is 18.3 Å². The quantitative estimate of drug-likeness (QED) is 0.557. The highest BCUT2D eigenvalue weighted by Gasteiger charge is 2.10. The molecule has 66 valence electrons. The number of hydrogen-bond donors (Lipinski definition) is 2. The van der Waals surface area contributed by atoms with Gasteiger partial charge in [-0.05, 0) is 0 Å². The van der Waals surface area contributed by atoms with Crippen LogP contribution in [0.5, 0.6) is 0 Å². The topological polar surface area (TPSA) is 78.3 Å². The summed E-state index contributed by atoms with van der Waals surface area (Å²) in [5.74, 6) is -0.765. The fraction of sp³-hybridized carbons (Fsp3) is 0.800. The van der Waals surface area contributed by atoms with Crippen molar-refractivity contribution in [1.82, 2.24) is 0 Å². The molecule has 0 spiro atoms. The number of carbonyl (C=O) groups excluding carboxylic acids is 1. The van der Waals surface area contributed by atoms with Gasteiger partial charge in [0.15, 0.2) is 0 Å². The first-order valence-corrected chi connectivity index (χ1v) is 2.95. The Labute approximate surface area is 62.5 Å². The van der Waals surface area contributed by atoms with Crippen LogP contribution < -0.4 is 11.5 Å². The Bertz CT molecular complexity index is 132. The molecule has 1 unspecified atom stereocenters. The smallest absolute Gasteiger partial charge is 0.261 e. The van der Waals surface area contributed by atoms with Crippen molar-refractivity contribution in [3.63, 3.8) is 0 Å². The summed E-state index contributed by atoms with van der Waals surface area (Å²) in [7, 11) is 0. The van der Waals surface area contributed by atoms with Gasteiger partial charge < -0.3 is 16.2 Å². The molecule has 0 aliphatic heterocycles. The van der Waals surface area contributed by atoms with E-state index in [0.29, 0.717) is 0 Å². The van der Waals surface area contributed by atoms with E-state index in [1.54, 1.807) is 0 Å². The SMILES string of the molecule is NC(=O)C(N)COCC(F)F. The lowest BCUT2D eigenvalue weighted by Gasteiger charge is -2.07. The Morgan fingerprint density at radius 3 is 2.36 bits per heavy atom. The van der Waals surface area contributed by atoms with Crippen LogP contribution in [0.3, 0.4) is 0 Å². The maximum atomic E-state index is 11.4. The molecule has 1 amide bonds. The second-order valence-corrected chi connectivity index (χ2v) is 1.94. The molecule has 0 aromatic heterocycles. The minimum Gasteiger partial charge on any atom is -0.373 e. The minimum atomic E-state index is -2.55. The van der Waals surface area contributed by atoms with Gasteiger partial charge in [-0.3, -0.25) is 4.79 Å². The van der Waals surface area contributed by atoms with E-state index in [2.05, 4.69) is 4.74 Å². The fourth-order valence-corrected chi connectivity index (χ4v) is 0.366. The molecular formula is C5H10F2N2O2. The second kappa shape index (κ2) is 4.97. The zero-order valence-corrected chi connectivity index (χ0v) is 5.80. The maximum Gasteiger partial charge on any atom is 0.261 e. The van der Waals surface area contributed by atoms with E-state index in [1.165, 1.54) is 0 Å². The van der Waals surface area contributed by atoms with Crippen LogP contribution in [0, 0.1) is 0 Å². The van der Waals surface area contributed by atoms with Gasteiger partial charge in [0.1, 0.15) is 12.6 Å². The summed E-state index contributed by atoms with van der Waals surface area (Å²) in [5, 5.41) is 0. The first kappa shape index (κ1) is 10.2. The van der Waals surface area contributed by atoms with E-state index in [4.69, 9.17) is 11.5 Å². The molecule has 1 atom stereocenters. The zero-order chi connectivity index (χ0) is 8.85. The van der Waals surface area contributed by atoms with Crippen molar-refractivity contribution in [3.8, 4) is 0 Å². The van der Waals surface area contributed by atoms with Crippen molar-refractivity contribution in [2.24, 2.45) is 11.5 Å². The number of primary amides is 1. The average molecular weight is 168 g/mol. The van der Waals surface area contributed by atoms with E-state index in [9.17, 15) is 13.6 Å². The highest BCUT2D eigenvalue weighted by Crippen LogP contribution is 1.92. The number of nitrogens with two attached hydrogens (primary N) is 2. The number of ether oxygens (including phenoxy) is 1. The molecule has 0 rings (SSSR count). The van der Waals surface area contributed by atoms with Crippen LogP contribution in [-0.2, 0) is 9.53 Å². The number of alkyl halides is 2. The molecule has 4 nitrogen and oxygen atoms in total. The molecule has 0 saturated carbocycles. The number of rotatable bonds is 5. The number of carbonyl (C=O) groups is 1. The third-order valence-corrected chi connectivity index (χ3v) is 0.907. The van der Waals surface area contributed by atoms with Crippen LogP contribution in [0.1, 0.15) is 0 Å². The Kier molecular flexibility index (Phi) is 4.64. The van der Waals surface area contributed by atoms with E-state index in [0.717, 1.165) is 0 Å². The van der Waals surface area contributed by atoms with Crippen LogP contribution in [-0.4, -0.2) is 31.6 Å². The molecule has 0 fully saturated rings. The molecule has 0 bridgehead atoms. The lowest BCUT2D eigenvalue weighted by Crippen LogP contribution is -2.40. The van der Waals surface area contributed by atoms with Gasteiger partial charge in [-0.2, -0.15) is 0 Å². The summed E-state index contributed by atoms with van der Waals surface area (Å²) in [6, 6.07) is -1.01. The molecule has 0 aromatic carbocycles. The molecule has 4 N–H and O–H groups in total. The molecule has 0 aromatic rings. The van der Waals surface area contributed by atoms with Crippen molar-refractivity contribution in [2.75, 3.05) is 13.2 Å². The van der Waals surface area contributed by atoms with Gasteiger partial charge in [0, 0.05) is 0 Å². The summed E-state index contributed by atoms with van der Waals surface area (Å²) < 4.78 is 27.2. The average Bonchev–Trinajstić information content (AvgIpc) is 1.86. The van der Waals surface area contributed by atoms with Gasteiger partial charge in [0.05, 0.1) is 6.61 Å². The van der Waals surface area contributed by atoms with Crippen LogP contribution in [0.15, 0.2) is 0 Å². The first-order chi connectivity index (χ1) is 5.04. The van der Waals surface area contributed by atoms with Crippen molar-refractivity contribution in [1.29, 1.82) is 0 Å².